The summed E-state index contributed by atoms with van der Waals surface area (Å²) in [4.78, 5) is 11.7. The fourth-order valence-corrected chi connectivity index (χ4v) is 1.56. The van der Waals surface area contributed by atoms with E-state index in [1.165, 1.54) is 0 Å². The summed E-state index contributed by atoms with van der Waals surface area (Å²) in [6.07, 6.45) is 2.85. The number of aliphatic hydroxyl groups excluding tert-OH is 3. The van der Waals surface area contributed by atoms with Gasteiger partial charge in [-0.15, -0.1) is 0 Å². The second-order valence-electron chi connectivity index (χ2n) is 4.10. The molecule has 0 atom stereocenters. The third kappa shape index (κ3) is 7.42. The zero-order valence-corrected chi connectivity index (χ0v) is 11.0. The minimum Gasteiger partial charge on any atom is -0.462 e. The van der Waals surface area contributed by atoms with Gasteiger partial charge < -0.3 is 20.1 Å². The van der Waals surface area contributed by atoms with Gasteiger partial charge in [0.05, 0.1) is 6.61 Å². The molecule has 0 bridgehead atoms. The molecule has 0 aliphatic carbocycles. The van der Waals surface area contributed by atoms with E-state index in [0.717, 1.165) is 5.57 Å². The van der Waals surface area contributed by atoms with Crippen LogP contribution in [0.4, 0.5) is 0 Å². The second kappa shape index (κ2) is 11.2. The molecule has 0 radical (unpaired) electrons. The van der Waals surface area contributed by atoms with Gasteiger partial charge in [0, 0.05) is 25.4 Å². The molecule has 106 valence electrons. The Kier molecular flexibility index (Phi) is 10.6. The summed E-state index contributed by atoms with van der Waals surface area (Å²) in [6.45, 7) is 2.11. The Balaban J connectivity index is 4.30. The molecule has 18 heavy (non-hydrogen) atoms. The Bertz CT molecular complexity index is 260. The Morgan fingerprint density at radius 3 is 2.17 bits per heavy atom. The minimum atomic E-state index is -0.380. The Morgan fingerprint density at radius 2 is 1.61 bits per heavy atom. The maximum absolute atomic E-state index is 11.7. The monoisotopic (exact) mass is 260 g/mol. The highest BCUT2D eigenvalue weighted by Gasteiger charge is 2.11. The highest BCUT2D eigenvalue weighted by molar-refractivity contribution is 5.88. The third-order valence-corrected chi connectivity index (χ3v) is 2.67. The maximum Gasteiger partial charge on any atom is 0.333 e. The zero-order chi connectivity index (χ0) is 13.8. The number of unbranched alkanes of at least 4 members (excludes halogenated alkanes) is 1. The Labute approximate surface area is 108 Å². The molecular formula is C13H24O5. The van der Waals surface area contributed by atoms with Gasteiger partial charge in [0.1, 0.15) is 0 Å². The van der Waals surface area contributed by atoms with Crippen LogP contribution >= 0.6 is 0 Å². The van der Waals surface area contributed by atoms with Crippen molar-refractivity contribution in [2.24, 2.45) is 0 Å². The molecule has 5 heteroatoms. The van der Waals surface area contributed by atoms with Crippen LogP contribution in [-0.4, -0.2) is 47.7 Å². The number of ether oxygens (including phenoxy) is 1. The standard InChI is InChI=1S/C13H24O5/c1-11(12(6-9-16)5-4-8-15)13(17)18-10-3-2-7-14/h14-16H,2-10H2,1H3/b12-11+. The number of hydrogen-bond donors (Lipinski definition) is 3. The zero-order valence-electron chi connectivity index (χ0n) is 11.0. The molecule has 0 aromatic carbocycles. The highest BCUT2D eigenvalue weighted by Crippen LogP contribution is 2.16. The Morgan fingerprint density at radius 1 is 0.944 bits per heavy atom. The number of aliphatic hydroxyl groups is 3. The van der Waals surface area contributed by atoms with E-state index in [2.05, 4.69) is 0 Å². The third-order valence-electron chi connectivity index (χ3n) is 2.67. The number of hydrogen-bond acceptors (Lipinski definition) is 5. The van der Waals surface area contributed by atoms with Gasteiger partial charge in [-0.25, -0.2) is 4.79 Å². The predicted molar refractivity (Wildman–Crippen MR) is 68.0 cm³/mol. The number of carbonyl (C=O) groups is 1. The summed E-state index contributed by atoms with van der Waals surface area (Å²) >= 11 is 0. The van der Waals surface area contributed by atoms with Crippen LogP contribution in [0.15, 0.2) is 11.1 Å². The molecule has 0 amide bonds. The number of esters is 1. The SMILES string of the molecule is C/C(C(=O)OCCCCO)=C(\CCO)CCCO. The molecule has 3 N–H and O–H groups in total. The largest absolute Gasteiger partial charge is 0.462 e. The average Bonchev–Trinajstić information content (AvgIpc) is 2.38. The van der Waals surface area contributed by atoms with Gasteiger partial charge in [0.25, 0.3) is 0 Å². The first-order valence-corrected chi connectivity index (χ1v) is 6.35. The topological polar surface area (TPSA) is 87.0 Å². The molecule has 0 aromatic rings. The van der Waals surface area contributed by atoms with Crippen molar-refractivity contribution in [1.29, 1.82) is 0 Å². The van der Waals surface area contributed by atoms with Crippen LogP contribution in [0.5, 0.6) is 0 Å². The molecule has 0 aliphatic heterocycles. The van der Waals surface area contributed by atoms with Crippen molar-refractivity contribution in [3.8, 4) is 0 Å². The molecule has 5 nitrogen and oxygen atoms in total. The summed E-state index contributed by atoms with van der Waals surface area (Å²) in [5, 5.41) is 26.3. The van der Waals surface area contributed by atoms with Crippen molar-refractivity contribution in [1.82, 2.24) is 0 Å². The van der Waals surface area contributed by atoms with E-state index in [4.69, 9.17) is 20.1 Å². The second-order valence-corrected chi connectivity index (χ2v) is 4.10. The summed E-state index contributed by atoms with van der Waals surface area (Å²) in [6, 6.07) is 0. The molecule has 0 saturated carbocycles. The Hall–Kier alpha value is -0.910. The van der Waals surface area contributed by atoms with E-state index >= 15 is 0 Å². The van der Waals surface area contributed by atoms with Gasteiger partial charge in [0.15, 0.2) is 0 Å². The van der Waals surface area contributed by atoms with E-state index in [0.29, 0.717) is 44.3 Å². The van der Waals surface area contributed by atoms with Crippen LogP contribution in [0.2, 0.25) is 0 Å². The van der Waals surface area contributed by atoms with Crippen LogP contribution < -0.4 is 0 Å². The fraction of sp³-hybridized carbons (Fsp3) is 0.769. The summed E-state index contributed by atoms with van der Waals surface area (Å²) < 4.78 is 5.06. The lowest BCUT2D eigenvalue weighted by Crippen LogP contribution is -2.10. The van der Waals surface area contributed by atoms with Crippen LogP contribution in [-0.2, 0) is 9.53 Å². The molecule has 0 unspecified atom stereocenters. The molecule has 0 rings (SSSR count). The molecule has 0 aliphatic rings. The maximum atomic E-state index is 11.7. The van der Waals surface area contributed by atoms with Gasteiger partial charge in [0.2, 0.25) is 0 Å². The van der Waals surface area contributed by atoms with Crippen LogP contribution in [0, 0.1) is 0 Å². The first-order valence-electron chi connectivity index (χ1n) is 6.35. The van der Waals surface area contributed by atoms with Crippen molar-refractivity contribution >= 4 is 5.97 Å². The van der Waals surface area contributed by atoms with Gasteiger partial charge in [-0.1, -0.05) is 5.57 Å². The molecule has 0 heterocycles. The normalized spacial score (nSPS) is 12.2. The van der Waals surface area contributed by atoms with E-state index < -0.39 is 0 Å². The molecule has 0 spiro atoms. The lowest BCUT2D eigenvalue weighted by molar-refractivity contribution is -0.139. The first-order chi connectivity index (χ1) is 8.67. The van der Waals surface area contributed by atoms with Crippen molar-refractivity contribution in [3.05, 3.63) is 11.1 Å². The minimum absolute atomic E-state index is 0.0180. The van der Waals surface area contributed by atoms with E-state index in [-0.39, 0.29) is 25.8 Å². The van der Waals surface area contributed by atoms with Crippen molar-refractivity contribution in [2.45, 2.75) is 39.0 Å². The predicted octanol–water partition coefficient (Wildman–Crippen LogP) is 0.773. The van der Waals surface area contributed by atoms with Crippen LogP contribution in [0.1, 0.15) is 39.0 Å². The molecular weight excluding hydrogens is 236 g/mol. The smallest absolute Gasteiger partial charge is 0.333 e. The molecule has 0 aromatic heterocycles. The van der Waals surface area contributed by atoms with Crippen molar-refractivity contribution in [3.63, 3.8) is 0 Å². The summed E-state index contributed by atoms with van der Waals surface area (Å²) in [7, 11) is 0. The lowest BCUT2D eigenvalue weighted by Gasteiger charge is -2.11. The molecule has 0 saturated heterocycles. The highest BCUT2D eigenvalue weighted by atomic mass is 16.5. The van der Waals surface area contributed by atoms with Gasteiger partial charge in [-0.3, -0.25) is 0 Å². The van der Waals surface area contributed by atoms with Gasteiger partial charge >= 0.3 is 5.97 Å². The van der Waals surface area contributed by atoms with Crippen LogP contribution in [0.3, 0.4) is 0 Å². The van der Waals surface area contributed by atoms with Crippen molar-refractivity contribution in [2.75, 3.05) is 26.4 Å². The first kappa shape index (κ1) is 17.1. The van der Waals surface area contributed by atoms with E-state index in [1.54, 1.807) is 6.92 Å². The number of rotatable bonds is 10. The molecule has 0 fully saturated rings. The summed E-state index contributed by atoms with van der Waals surface area (Å²) in [5.41, 5.74) is 1.35. The quantitative estimate of drug-likeness (QED) is 0.307. The van der Waals surface area contributed by atoms with Gasteiger partial charge in [-0.2, -0.15) is 0 Å². The number of carbonyl (C=O) groups excluding carboxylic acids is 1. The van der Waals surface area contributed by atoms with E-state index in [9.17, 15) is 4.79 Å². The van der Waals surface area contributed by atoms with Gasteiger partial charge in [-0.05, 0) is 39.0 Å². The average molecular weight is 260 g/mol. The van der Waals surface area contributed by atoms with E-state index in [1.807, 2.05) is 0 Å². The van der Waals surface area contributed by atoms with Crippen LogP contribution in [0.25, 0.3) is 0 Å². The fourth-order valence-electron chi connectivity index (χ4n) is 1.56. The van der Waals surface area contributed by atoms with Crippen molar-refractivity contribution < 1.29 is 24.9 Å². The summed E-state index contributed by atoms with van der Waals surface area (Å²) in [5.74, 6) is -0.380. The lowest BCUT2D eigenvalue weighted by atomic mass is 10.0.